The molecule has 0 aliphatic heterocycles. The Hall–Kier alpha value is -3.97. The van der Waals surface area contributed by atoms with E-state index in [1.165, 1.54) is 36.4 Å². The van der Waals surface area contributed by atoms with Crippen molar-refractivity contribution in [1.29, 1.82) is 0 Å². The highest BCUT2D eigenvalue weighted by molar-refractivity contribution is 7.91. The molecule has 0 bridgehead atoms. The third-order valence-electron chi connectivity index (χ3n) is 4.45. The minimum atomic E-state index is -4.29. The quantitative estimate of drug-likeness (QED) is 0.415. The highest BCUT2D eigenvalue weighted by atomic mass is 32.2. The molecule has 0 saturated heterocycles. The Morgan fingerprint density at radius 3 is 1.29 bits per heavy atom. The molecule has 0 aliphatic carbocycles. The molecule has 4 rings (SSSR count). The fourth-order valence-corrected chi connectivity index (χ4v) is 4.41. The van der Waals surface area contributed by atoms with E-state index in [-0.39, 0.29) is 11.5 Å². The first-order chi connectivity index (χ1) is 15.0. The van der Waals surface area contributed by atoms with Crippen LogP contribution < -0.4 is 9.47 Å². The zero-order chi connectivity index (χ0) is 21.8. The van der Waals surface area contributed by atoms with Crippen molar-refractivity contribution in [3.05, 3.63) is 97.1 Å². The highest BCUT2D eigenvalue weighted by Crippen LogP contribution is 2.43. The number of para-hydroxylation sites is 4. The Kier molecular flexibility index (Phi) is 5.51. The summed E-state index contributed by atoms with van der Waals surface area (Å²) in [5, 5.41) is 21.3. The van der Waals surface area contributed by atoms with Crippen molar-refractivity contribution in [3.63, 3.8) is 0 Å². The molecule has 0 radical (unpaired) electrons. The van der Waals surface area contributed by atoms with Gasteiger partial charge in [-0.25, -0.2) is 8.42 Å². The summed E-state index contributed by atoms with van der Waals surface area (Å²) < 4.78 is 37.7. The van der Waals surface area contributed by atoms with Gasteiger partial charge in [-0.15, -0.1) is 0 Å². The summed E-state index contributed by atoms with van der Waals surface area (Å²) in [5.74, 6) is -0.283. The molecule has 31 heavy (non-hydrogen) atoms. The molecule has 0 aliphatic rings. The van der Waals surface area contributed by atoms with Gasteiger partial charge in [0.2, 0.25) is 9.84 Å². The third kappa shape index (κ3) is 4.17. The minimum absolute atomic E-state index is 0.0246. The van der Waals surface area contributed by atoms with Gasteiger partial charge in [0.05, 0.1) is 0 Å². The van der Waals surface area contributed by atoms with Gasteiger partial charge in [0.1, 0.15) is 21.3 Å². The van der Waals surface area contributed by atoms with Gasteiger partial charge in [-0.1, -0.05) is 48.5 Å². The molecular weight excluding hydrogens is 416 g/mol. The van der Waals surface area contributed by atoms with Crippen LogP contribution in [-0.4, -0.2) is 18.6 Å². The van der Waals surface area contributed by atoms with E-state index in [2.05, 4.69) is 0 Å². The molecule has 0 fully saturated rings. The van der Waals surface area contributed by atoms with Gasteiger partial charge in [0.15, 0.2) is 23.0 Å². The van der Waals surface area contributed by atoms with E-state index in [0.717, 1.165) is 0 Å². The fraction of sp³-hybridized carbons (Fsp3) is 0. The number of phenols is 2. The first kappa shape index (κ1) is 20.3. The van der Waals surface area contributed by atoms with E-state index < -0.39 is 31.1 Å². The summed E-state index contributed by atoms with van der Waals surface area (Å²) in [6.07, 6.45) is 0. The van der Waals surface area contributed by atoms with Crippen LogP contribution in [-0.2, 0) is 9.84 Å². The van der Waals surface area contributed by atoms with Crippen molar-refractivity contribution in [2.45, 2.75) is 9.79 Å². The van der Waals surface area contributed by atoms with E-state index in [0.29, 0.717) is 11.5 Å². The zero-order valence-corrected chi connectivity index (χ0v) is 17.0. The maximum atomic E-state index is 13.3. The van der Waals surface area contributed by atoms with Crippen molar-refractivity contribution in [3.8, 4) is 34.5 Å². The average molecular weight is 434 g/mol. The Labute approximate surface area is 179 Å². The van der Waals surface area contributed by atoms with Gasteiger partial charge in [-0.05, 0) is 48.5 Å². The third-order valence-corrected chi connectivity index (χ3v) is 6.26. The van der Waals surface area contributed by atoms with E-state index in [4.69, 9.17) is 9.47 Å². The van der Waals surface area contributed by atoms with Gasteiger partial charge in [0, 0.05) is 0 Å². The number of benzene rings is 4. The average Bonchev–Trinajstić information content (AvgIpc) is 2.78. The molecular formula is C24H18O6S. The molecule has 156 valence electrons. The number of phenolic OH excluding ortho intramolecular Hbond substituents is 2. The van der Waals surface area contributed by atoms with Gasteiger partial charge in [0.25, 0.3) is 0 Å². The van der Waals surface area contributed by atoms with Crippen molar-refractivity contribution in [2.75, 3.05) is 0 Å². The second kappa shape index (κ2) is 8.41. The summed E-state index contributed by atoms with van der Waals surface area (Å²) >= 11 is 0. The first-order valence-electron chi connectivity index (χ1n) is 9.31. The predicted octanol–water partition coefficient (Wildman–Crippen LogP) is 5.52. The van der Waals surface area contributed by atoms with E-state index in [1.54, 1.807) is 60.7 Å². The lowest BCUT2D eigenvalue weighted by Crippen LogP contribution is -2.04. The smallest absolute Gasteiger partial charge is 0.214 e. The van der Waals surface area contributed by atoms with Crippen LogP contribution in [0.25, 0.3) is 0 Å². The lowest BCUT2D eigenvalue weighted by molar-refractivity contribution is 0.396. The Bertz CT molecular complexity index is 1210. The summed E-state index contributed by atoms with van der Waals surface area (Å²) in [6, 6.07) is 25.6. The van der Waals surface area contributed by atoms with Crippen molar-refractivity contribution >= 4 is 9.84 Å². The molecule has 0 unspecified atom stereocenters. The number of ether oxygens (including phenoxy) is 2. The maximum Gasteiger partial charge on any atom is 0.214 e. The van der Waals surface area contributed by atoms with Gasteiger partial charge < -0.3 is 19.7 Å². The van der Waals surface area contributed by atoms with Crippen LogP contribution >= 0.6 is 0 Å². The van der Waals surface area contributed by atoms with Crippen LogP contribution in [0.1, 0.15) is 0 Å². The second-order valence-electron chi connectivity index (χ2n) is 6.54. The molecule has 0 aromatic heterocycles. The SMILES string of the molecule is O=S(=O)(c1cccc(Oc2ccccc2)c1O)c1cccc(Oc2ccccc2)c1O. The molecule has 2 N–H and O–H groups in total. The van der Waals surface area contributed by atoms with Crippen molar-refractivity contribution < 1.29 is 28.1 Å². The number of rotatable bonds is 6. The number of hydrogen-bond acceptors (Lipinski definition) is 6. The zero-order valence-electron chi connectivity index (χ0n) is 16.2. The molecule has 0 saturated carbocycles. The molecule has 0 heterocycles. The molecule has 6 nitrogen and oxygen atoms in total. The van der Waals surface area contributed by atoms with Crippen LogP contribution in [0.2, 0.25) is 0 Å². The molecule has 7 heteroatoms. The number of sulfone groups is 1. The molecule has 0 atom stereocenters. The van der Waals surface area contributed by atoms with Crippen LogP contribution in [0.4, 0.5) is 0 Å². The van der Waals surface area contributed by atoms with Crippen molar-refractivity contribution in [1.82, 2.24) is 0 Å². The van der Waals surface area contributed by atoms with Gasteiger partial charge >= 0.3 is 0 Å². The summed E-state index contributed by atoms with van der Waals surface area (Å²) in [4.78, 5) is -0.791. The Morgan fingerprint density at radius 1 is 0.516 bits per heavy atom. The maximum absolute atomic E-state index is 13.3. The molecule has 4 aromatic rings. The van der Waals surface area contributed by atoms with Crippen molar-refractivity contribution in [2.24, 2.45) is 0 Å². The summed E-state index contributed by atoms with van der Waals surface area (Å²) in [6.45, 7) is 0. The number of aromatic hydroxyl groups is 2. The van der Waals surface area contributed by atoms with E-state index >= 15 is 0 Å². The minimum Gasteiger partial charge on any atom is -0.503 e. The van der Waals surface area contributed by atoms with E-state index in [1.807, 2.05) is 0 Å². The Morgan fingerprint density at radius 2 is 0.903 bits per heavy atom. The van der Waals surface area contributed by atoms with Gasteiger partial charge in [-0.3, -0.25) is 0 Å². The lowest BCUT2D eigenvalue weighted by atomic mass is 10.3. The lowest BCUT2D eigenvalue weighted by Gasteiger charge is -2.14. The molecule has 0 amide bonds. The van der Waals surface area contributed by atoms with Crippen LogP contribution in [0.5, 0.6) is 34.5 Å². The topological polar surface area (TPSA) is 93.1 Å². The number of hydrogen-bond donors (Lipinski definition) is 2. The standard InChI is InChI=1S/C24H18O6S/c25-23-19(29-17-9-3-1-4-10-17)13-7-15-21(23)31(27,28)22-16-8-14-20(24(22)26)30-18-11-5-2-6-12-18/h1-16,25-26H. The second-order valence-corrected chi connectivity index (χ2v) is 8.43. The van der Waals surface area contributed by atoms with Crippen LogP contribution in [0, 0.1) is 0 Å². The summed E-state index contributed by atoms with van der Waals surface area (Å²) in [7, 11) is -4.29. The van der Waals surface area contributed by atoms with Crippen LogP contribution in [0.15, 0.2) is 107 Å². The molecule has 4 aromatic carbocycles. The predicted molar refractivity (Wildman–Crippen MR) is 115 cm³/mol. The van der Waals surface area contributed by atoms with Crippen LogP contribution in [0.3, 0.4) is 0 Å². The van der Waals surface area contributed by atoms with Gasteiger partial charge in [-0.2, -0.15) is 0 Å². The largest absolute Gasteiger partial charge is 0.503 e. The highest BCUT2D eigenvalue weighted by Gasteiger charge is 2.28. The Balaban J connectivity index is 1.72. The van der Waals surface area contributed by atoms with E-state index in [9.17, 15) is 18.6 Å². The fourth-order valence-electron chi connectivity index (χ4n) is 2.95. The normalized spacial score (nSPS) is 11.1. The monoisotopic (exact) mass is 434 g/mol. The first-order valence-corrected chi connectivity index (χ1v) is 10.8. The summed E-state index contributed by atoms with van der Waals surface area (Å²) in [5.41, 5.74) is 0. The molecule has 0 spiro atoms.